The second kappa shape index (κ2) is 6.37. The zero-order valence-corrected chi connectivity index (χ0v) is 15.1. The summed E-state index contributed by atoms with van der Waals surface area (Å²) >= 11 is 4.70. The van der Waals surface area contributed by atoms with Crippen LogP contribution in [0.3, 0.4) is 0 Å². The number of nitrogens with one attached hydrogen (secondary N) is 1. The number of thiophene rings is 1. The molecule has 0 aliphatic rings. The molecule has 0 spiro atoms. The molecule has 0 atom stereocenters. The van der Waals surface area contributed by atoms with Gasteiger partial charge in [-0.25, -0.2) is 8.42 Å². The van der Waals surface area contributed by atoms with Crippen molar-refractivity contribution in [3.05, 3.63) is 39.0 Å². The molecule has 2 rings (SSSR count). The van der Waals surface area contributed by atoms with Crippen molar-refractivity contribution in [1.82, 2.24) is 0 Å². The van der Waals surface area contributed by atoms with Crippen molar-refractivity contribution in [3.8, 4) is 5.75 Å². The zero-order chi connectivity index (χ0) is 15.6. The first-order valence-electron chi connectivity index (χ1n) is 6.33. The fourth-order valence-corrected chi connectivity index (χ4v) is 5.26. The van der Waals surface area contributed by atoms with Gasteiger partial charge in [-0.15, -0.1) is 11.3 Å². The van der Waals surface area contributed by atoms with Crippen molar-refractivity contribution in [2.24, 2.45) is 0 Å². The zero-order valence-electron chi connectivity index (χ0n) is 11.9. The fourth-order valence-electron chi connectivity index (χ4n) is 1.78. The van der Waals surface area contributed by atoms with E-state index in [9.17, 15) is 8.42 Å². The van der Waals surface area contributed by atoms with E-state index >= 15 is 0 Å². The molecule has 0 unspecified atom stereocenters. The first-order chi connectivity index (χ1) is 9.78. The third kappa shape index (κ3) is 4.21. The van der Waals surface area contributed by atoms with Gasteiger partial charge in [0.1, 0.15) is 10.6 Å². The van der Waals surface area contributed by atoms with E-state index in [1.54, 1.807) is 37.3 Å². The van der Waals surface area contributed by atoms with E-state index in [1.165, 1.54) is 11.3 Å². The maximum Gasteiger partial charge on any atom is 0.263 e. The van der Waals surface area contributed by atoms with Crippen molar-refractivity contribution in [1.29, 1.82) is 0 Å². The molecule has 0 aliphatic carbocycles. The van der Waals surface area contributed by atoms with Gasteiger partial charge in [0, 0.05) is 10.6 Å². The van der Waals surface area contributed by atoms with Crippen molar-refractivity contribution in [3.63, 3.8) is 0 Å². The second-order valence-corrected chi connectivity index (χ2v) is 9.05. The molecule has 114 valence electrons. The van der Waals surface area contributed by atoms with E-state index < -0.39 is 10.0 Å². The Kier molecular flexibility index (Phi) is 4.95. The monoisotopic (exact) mass is 389 g/mol. The van der Waals surface area contributed by atoms with Crippen LogP contribution in [0, 0.1) is 6.92 Å². The van der Waals surface area contributed by atoms with E-state index in [0.717, 1.165) is 8.66 Å². The Hall–Kier alpha value is -1.05. The number of aryl methyl sites for hydroxylation is 1. The third-order valence-corrected chi connectivity index (χ3v) is 5.80. The van der Waals surface area contributed by atoms with Crippen LogP contribution in [0.1, 0.15) is 18.7 Å². The molecule has 0 amide bonds. The summed E-state index contributed by atoms with van der Waals surface area (Å²) in [6.07, 6.45) is 0.0818. The molecule has 7 heteroatoms. The smallest absolute Gasteiger partial charge is 0.263 e. The summed E-state index contributed by atoms with van der Waals surface area (Å²) in [4.78, 5) is 1.04. The van der Waals surface area contributed by atoms with Crippen molar-refractivity contribution >= 4 is 43.0 Å². The minimum absolute atomic E-state index is 0.0818. The lowest BCUT2D eigenvalue weighted by Crippen LogP contribution is -2.13. The second-order valence-electron chi connectivity index (χ2n) is 4.77. The summed E-state index contributed by atoms with van der Waals surface area (Å²) in [5.74, 6) is 0.711. The summed E-state index contributed by atoms with van der Waals surface area (Å²) < 4.78 is 33.6. The van der Waals surface area contributed by atoms with Crippen LogP contribution in [0.25, 0.3) is 0 Å². The highest BCUT2D eigenvalue weighted by atomic mass is 79.9. The van der Waals surface area contributed by atoms with Gasteiger partial charge < -0.3 is 4.74 Å². The SMILES string of the molecule is Cc1sc(Br)cc1S(=O)(=O)Nc1ccc(OC(C)C)cc1. The summed E-state index contributed by atoms with van der Waals surface area (Å²) in [7, 11) is -3.57. The normalized spacial score (nSPS) is 11.7. The molecule has 4 nitrogen and oxygen atoms in total. The molecule has 2 aromatic rings. The summed E-state index contributed by atoms with van der Waals surface area (Å²) in [6, 6.07) is 8.47. The van der Waals surface area contributed by atoms with Crippen molar-refractivity contribution < 1.29 is 13.2 Å². The average molecular weight is 390 g/mol. The lowest BCUT2D eigenvalue weighted by atomic mass is 10.3. The summed E-state index contributed by atoms with van der Waals surface area (Å²) in [6.45, 7) is 5.66. The van der Waals surface area contributed by atoms with Crippen molar-refractivity contribution in [2.75, 3.05) is 4.72 Å². The Bertz CT molecular complexity index is 721. The van der Waals surface area contributed by atoms with Gasteiger partial charge in [-0.1, -0.05) is 0 Å². The molecule has 0 saturated carbocycles. The van der Waals surface area contributed by atoms with E-state index in [1.807, 2.05) is 13.8 Å². The Balaban J connectivity index is 2.19. The number of rotatable bonds is 5. The number of hydrogen-bond donors (Lipinski definition) is 1. The standard InChI is InChI=1S/C14H16BrNO3S2/c1-9(2)19-12-6-4-11(5-7-12)16-21(17,18)13-8-14(15)20-10(13)3/h4-9,16H,1-3H3. The van der Waals surface area contributed by atoms with Gasteiger partial charge in [0.05, 0.1) is 9.89 Å². The lowest BCUT2D eigenvalue weighted by Gasteiger charge is -2.11. The molecule has 0 fully saturated rings. The number of benzene rings is 1. The van der Waals surface area contributed by atoms with Crippen LogP contribution < -0.4 is 9.46 Å². The topological polar surface area (TPSA) is 55.4 Å². The largest absolute Gasteiger partial charge is 0.491 e. The minimum atomic E-state index is -3.57. The van der Waals surface area contributed by atoms with Crippen LogP contribution in [0.5, 0.6) is 5.75 Å². The summed E-state index contributed by atoms with van der Waals surface area (Å²) in [5.41, 5.74) is 0.507. The molecule has 1 heterocycles. The quantitative estimate of drug-likeness (QED) is 0.823. The lowest BCUT2D eigenvalue weighted by molar-refractivity contribution is 0.242. The maximum absolute atomic E-state index is 12.3. The van der Waals surface area contributed by atoms with Gasteiger partial charge in [0.15, 0.2) is 0 Å². The average Bonchev–Trinajstić information content (AvgIpc) is 2.71. The van der Waals surface area contributed by atoms with Gasteiger partial charge in [-0.05, 0) is 67.0 Å². The minimum Gasteiger partial charge on any atom is -0.491 e. The molecule has 21 heavy (non-hydrogen) atoms. The van der Waals surface area contributed by atoms with E-state index in [-0.39, 0.29) is 6.10 Å². The first-order valence-corrected chi connectivity index (χ1v) is 9.42. The van der Waals surface area contributed by atoms with E-state index in [4.69, 9.17) is 4.74 Å². The number of ether oxygens (including phenoxy) is 1. The predicted octanol–water partition coefficient (Wildman–Crippen LogP) is 4.41. The highest BCUT2D eigenvalue weighted by molar-refractivity contribution is 9.11. The third-order valence-electron chi connectivity index (χ3n) is 2.61. The number of hydrogen-bond acceptors (Lipinski definition) is 4. The molecule has 1 N–H and O–H groups in total. The maximum atomic E-state index is 12.3. The highest BCUT2D eigenvalue weighted by Crippen LogP contribution is 2.31. The van der Waals surface area contributed by atoms with Gasteiger partial charge in [-0.3, -0.25) is 4.72 Å². The first kappa shape index (κ1) is 16.3. The Morgan fingerprint density at radius 1 is 1.24 bits per heavy atom. The molecular weight excluding hydrogens is 374 g/mol. The molecule has 0 saturated heterocycles. The molecule has 0 aliphatic heterocycles. The summed E-state index contributed by atoms with van der Waals surface area (Å²) in [5, 5.41) is 0. The fraction of sp³-hybridized carbons (Fsp3) is 0.286. The molecule has 0 radical (unpaired) electrons. The van der Waals surface area contributed by atoms with E-state index in [0.29, 0.717) is 16.3 Å². The van der Waals surface area contributed by atoms with Crippen LogP contribution in [-0.4, -0.2) is 14.5 Å². The van der Waals surface area contributed by atoms with Gasteiger partial charge in [0.25, 0.3) is 10.0 Å². The predicted molar refractivity (Wildman–Crippen MR) is 89.8 cm³/mol. The molecule has 1 aromatic carbocycles. The van der Waals surface area contributed by atoms with E-state index in [2.05, 4.69) is 20.7 Å². The molecule has 0 bridgehead atoms. The van der Waals surface area contributed by atoms with Gasteiger partial charge in [0.2, 0.25) is 0 Å². The van der Waals surface area contributed by atoms with Crippen LogP contribution in [0.15, 0.2) is 39.0 Å². The van der Waals surface area contributed by atoms with Crippen LogP contribution >= 0.6 is 27.3 Å². The molecular formula is C14H16BrNO3S2. The van der Waals surface area contributed by atoms with Crippen LogP contribution in [0.4, 0.5) is 5.69 Å². The Labute approximate surface area is 137 Å². The van der Waals surface area contributed by atoms with Crippen LogP contribution in [-0.2, 0) is 10.0 Å². The van der Waals surface area contributed by atoms with Gasteiger partial charge >= 0.3 is 0 Å². The molecule has 1 aromatic heterocycles. The van der Waals surface area contributed by atoms with Crippen molar-refractivity contribution in [2.45, 2.75) is 31.8 Å². The number of sulfonamides is 1. The van der Waals surface area contributed by atoms with Crippen LogP contribution in [0.2, 0.25) is 0 Å². The van der Waals surface area contributed by atoms with Gasteiger partial charge in [-0.2, -0.15) is 0 Å². The highest BCUT2D eigenvalue weighted by Gasteiger charge is 2.19. The number of halogens is 1. The number of anilines is 1. The Morgan fingerprint density at radius 3 is 2.33 bits per heavy atom. The Morgan fingerprint density at radius 2 is 1.86 bits per heavy atom.